The molecule has 1 nitrogen and oxygen atoms in total. The molecule has 0 radical (unpaired) electrons. The average Bonchev–Trinajstić information content (AvgIpc) is 2.07. The SMILES string of the molecule is CC1(C)CCC(=O)C[C@H]1CCCCl. The molecule has 0 aliphatic heterocycles. The second kappa shape index (κ2) is 4.45. The van der Waals surface area contributed by atoms with Crippen LogP contribution >= 0.6 is 11.6 Å². The first kappa shape index (κ1) is 11.0. The van der Waals surface area contributed by atoms with Crippen molar-refractivity contribution in [1.29, 1.82) is 0 Å². The monoisotopic (exact) mass is 202 g/mol. The molecule has 0 aromatic carbocycles. The number of alkyl halides is 1. The second-order valence-corrected chi connectivity index (χ2v) is 5.14. The van der Waals surface area contributed by atoms with Gasteiger partial charge in [-0.05, 0) is 30.6 Å². The van der Waals surface area contributed by atoms with Gasteiger partial charge in [-0.25, -0.2) is 0 Å². The maximum Gasteiger partial charge on any atom is 0.133 e. The van der Waals surface area contributed by atoms with Crippen LogP contribution in [0.15, 0.2) is 0 Å². The molecular weight excluding hydrogens is 184 g/mol. The Morgan fingerprint density at radius 1 is 1.54 bits per heavy atom. The molecule has 0 amide bonds. The van der Waals surface area contributed by atoms with E-state index in [2.05, 4.69) is 13.8 Å². The van der Waals surface area contributed by atoms with Crippen LogP contribution in [0.5, 0.6) is 0 Å². The largest absolute Gasteiger partial charge is 0.300 e. The average molecular weight is 203 g/mol. The highest BCUT2D eigenvalue weighted by atomic mass is 35.5. The summed E-state index contributed by atoms with van der Waals surface area (Å²) in [5.41, 5.74) is 0.347. The van der Waals surface area contributed by atoms with Gasteiger partial charge in [0.15, 0.2) is 0 Å². The van der Waals surface area contributed by atoms with Crippen LogP contribution in [-0.4, -0.2) is 11.7 Å². The van der Waals surface area contributed by atoms with E-state index in [9.17, 15) is 4.79 Å². The predicted octanol–water partition coefficient (Wildman–Crippen LogP) is 3.40. The van der Waals surface area contributed by atoms with E-state index < -0.39 is 0 Å². The van der Waals surface area contributed by atoms with Gasteiger partial charge in [-0.2, -0.15) is 0 Å². The van der Waals surface area contributed by atoms with Crippen molar-refractivity contribution in [1.82, 2.24) is 0 Å². The highest BCUT2D eigenvalue weighted by Crippen LogP contribution is 2.41. The first-order valence-electron chi connectivity index (χ1n) is 5.14. The zero-order chi connectivity index (χ0) is 9.90. The van der Waals surface area contributed by atoms with E-state index >= 15 is 0 Å². The van der Waals surface area contributed by atoms with Gasteiger partial charge in [0.2, 0.25) is 0 Å². The van der Waals surface area contributed by atoms with Gasteiger partial charge in [0, 0.05) is 18.7 Å². The molecule has 0 unspecified atom stereocenters. The summed E-state index contributed by atoms with van der Waals surface area (Å²) in [6, 6.07) is 0. The van der Waals surface area contributed by atoms with Crippen LogP contribution in [0.25, 0.3) is 0 Å². The van der Waals surface area contributed by atoms with Gasteiger partial charge in [0.05, 0.1) is 0 Å². The van der Waals surface area contributed by atoms with Gasteiger partial charge in [-0.15, -0.1) is 11.6 Å². The minimum absolute atomic E-state index is 0.347. The van der Waals surface area contributed by atoms with Gasteiger partial charge >= 0.3 is 0 Å². The van der Waals surface area contributed by atoms with Crippen molar-refractivity contribution in [3.63, 3.8) is 0 Å². The van der Waals surface area contributed by atoms with Gasteiger partial charge in [0.1, 0.15) is 5.78 Å². The lowest BCUT2D eigenvalue weighted by molar-refractivity contribution is -0.124. The van der Waals surface area contributed by atoms with Crippen LogP contribution in [0.1, 0.15) is 46.0 Å². The summed E-state index contributed by atoms with van der Waals surface area (Å²) in [6.07, 6.45) is 4.78. The molecule has 13 heavy (non-hydrogen) atoms. The summed E-state index contributed by atoms with van der Waals surface area (Å²) < 4.78 is 0. The molecule has 0 bridgehead atoms. The van der Waals surface area contributed by atoms with E-state index in [0.29, 0.717) is 17.1 Å². The number of hydrogen-bond acceptors (Lipinski definition) is 1. The lowest BCUT2D eigenvalue weighted by atomic mass is 9.67. The lowest BCUT2D eigenvalue weighted by Gasteiger charge is -2.38. The van der Waals surface area contributed by atoms with E-state index in [4.69, 9.17) is 11.6 Å². The number of ketones is 1. The van der Waals surface area contributed by atoms with Crippen LogP contribution in [0.2, 0.25) is 0 Å². The van der Waals surface area contributed by atoms with Gasteiger partial charge in [-0.3, -0.25) is 4.79 Å². The molecule has 0 saturated heterocycles. The molecule has 1 aliphatic rings. The number of Topliss-reactive ketones (excluding diaryl/α,β-unsaturated/α-hetero) is 1. The number of hydrogen-bond donors (Lipinski definition) is 0. The minimum Gasteiger partial charge on any atom is -0.300 e. The molecule has 76 valence electrons. The summed E-state index contributed by atoms with van der Waals surface area (Å²) in [5, 5.41) is 0. The summed E-state index contributed by atoms with van der Waals surface area (Å²) in [7, 11) is 0. The van der Waals surface area contributed by atoms with Crippen molar-refractivity contribution in [3.8, 4) is 0 Å². The standard InChI is InChI=1S/C11H19ClO/c1-11(2)6-5-10(13)8-9(11)4-3-7-12/h9H,3-8H2,1-2H3/t9-/m1/s1. The van der Waals surface area contributed by atoms with Crippen LogP contribution in [0, 0.1) is 11.3 Å². The quantitative estimate of drug-likeness (QED) is 0.642. The fourth-order valence-corrected chi connectivity index (χ4v) is 2.29. The Morgan fingerprint density at radius 2 is 2.23 bits per heavy atom. The molecule has 1 rings (SSSR count). The molecule has 1 saturated carbocycles. The molecule has 0 aromatic heterocycles. The van der Waals surface area contributed by atoms with Crippen molar-refractivity contribution < 1.29 is 4.79 Å². The summed E-state index contributed by atoms with van der Waals surface area (Å²) in [4.78, 5) is 11.3. The molecule has 1 fully saturated rings. The first-order valence-corrected chi connectivity index (χ1v) is 5.67. The third-order valence-corrected chi connectivity index (χ3v) is 3.58. The van der Waals surface area contributed by atoms with E-state index in [-0.39, 0.29) is 0 Å². The minimum atomic E-state index is 0.347. The van der Waals surface area contributed by atoms with Crippen molar-refractivity contribution in [2.75, 3.05) is 5.88 Å². The van der Waals surface area contributed by atoms with Crippen LogP contribution in [0.4, 0.5) is 0 Å². The van der Waals surface area contributed by atoms with Crippen LogP contribution in [-0.2, 0) is 4.79 Å². The van der Waals surface area contributed by atoms with Gasteiger partial charge < -0.3 is 0 Å². The molecule has 0 heterocycles. The zero-order valence-corrected chi connectivity index (χ0v) is 9.36. The van der Waals surface area contributed by atoms with Gasteiger partial charge in [0.25, 0.3) is 0 Å². The van der Waals surface area contributed by atoms with Crippen LogP contribution < -0.4 is 0 Å². The molecule has 1 atom stereocenters. The highest BCUT2D eigenvalue weighted by molar-refractivity contribution is 6.17. The van der Waals surface area contributed by atoms with E-state index in [1.54, 1.807) is 0 Å². The summed E-state index contributed by atoms with van der Waals surface area (Å²) >= 11 is 5.67. The highest BCUT2D eigenvalue weighted by Gasteiger charge is 2.34. The Balaban J connectivity index is 2.50. The third-order valence-electron chi connectivity index (χ3n) is 3.31. The second-order valence-electron chi connectivity index (χ2n) is 4.76. The Bertz CT molecular complexity index is 187. The molecular formula is C11H19ClO. The maximum atomic E-state index is 11.3. The normalized spacial score (nSPS) is 27.6. The molecule has 1 aliphatic carbocycles. The molecule has 2 heteroatoms. The first-order chi connectivity index (χ1) is 6.06. The van der Waals surface area contributed by atoms with Crippen LogP contribution in [0.3, 0.4) is 0 Å². The number of halogens is 1. The third kappa shape index (κ3) is 2.98. The Morgan fingerprint density at radius 3 is 2.85 bits per heavy atom. The predicted molar refractivity (Wildman–Crippen MR) is 56.1 cm³/mol. The van der Waals surface area contributed by atoms with Crippen molar-refractivity contribution in [2.45, 2.75) is 46.0 Å². The topological polar surface area (TPSA) is 17.1 Å². The number of carbonyl (C=O) groups excluding carboxylic acids is 1. The van der Waals surface area contributed by atoms with Crippen molar-refractivity contribution in [2.24, 2.45) is 11.3 Å². The summed E-state index contributed by atoms with van der Waals surface area (Å²) in [5.74, 6) is 1.73. The number of carbonyl (C=O) groups is 1. The number of rotatable bonds is 3. The molecule has 0 spiro atoms. The van der Waals surface area contributed by atoms with E-state index in [0.717, 1.165) is 38.0 Å². The van der Waals surface area contributed by atoms with Crippen molar-refractivity contribution in [3.05, 3.63) is 0 Å². The lowest BCUT2D eigenvalue weighted by Crippen LogP contribution is -2.32. The van der Waals surface area contributed by atoms with Crippen molar-refractivity contribution >= 4 is 17.4 Å². The zero-order valence-electron chi connectivity index (χ0n) is 8.61. The Hall–Kier alpha value is -0.0400. The molecule has 0 aromatic rings. The fraction of sp³-hybridized carbons (Fsp3) is 0.909. The summed E-state index contributed by atoms with van der Waals surface area (Å²) in [6.45, 7) is 4.55. The van der Waals surface area contributed by atoms with E-state index in [1.165, 1.54) is 0 Å². The van der Waals surface area contributed by atoms with Gasteiger partial charge in [-0.1, -0.05) is 13.8 Å². The Kier molecular flexibility index (Phi) is 3.78. The fourth-order valence-electron chi connectivity index (χ4n) is 2.14. The maximum absolute atomic E-state index is 11.3. The smallest absolute Gasteiger partial charge is 0.133 e. The molecule has 0 N–H and O–H groups in total. The Labute approximate surface area is 85.8 Å². The van der Waals surface area contributed by atoms with E-state index in [1.807, 2.05) is 0 Å².